The molecule has 0 aromatic carbocycles. The lowest BCUT2D eigenvalue weighted by Gasteiger charge is -2.38. The Kier molecular flexibility index (Phi) is 6.33. The zero-order chi connectivity index (χ0) is 21.1. The number of aliphatic hydroxyl groups excluding tert-OH is 2. The molecule has 156 valence electrons. The quantitative estimate of drug-likeness (QED) is 0.450. The van der Waals surface area contributed by atoms with Crippen LogP contribution in [0.1, 0.15) is 10.4 Å². The Labute approximate surface area is 168 Å². The van der Waals surface area contributed by atoms with E-state index in [1.807, 2.05) is 4.98 Å². The summed E-state index contributed by atoms with van der Waals surface area (Å²) < 4.78 is 11.6. The number of methoxy groups -OCH3 is 1. The van der Waals surface area contributed by atoms with Crippen molar-refractivity contribution in [2.24, 2.45) is 0 Å². The summed E-state index contributed by atoms with van der Waals surface area (Å²) in [6.45, 7) is -0.265. The van der Waals surface area contributed by atoms with Crippen molar-refractivity contribution in [1.29, 1.82) is 0 Å². The van der Waals surface area contributed by atoms with E-state index < -0.39 is 41.5 Å². The summed E-state index contributed by atoms with van der Waals surface area (Å²) in [5.74, 6) is -0.254. The van der Waals surface area contributed by atoms with Crippen LogP contribution in [0.4, 0.5) is 0 Å². The molecule has 4 atom stereocenters. The first-order valence-corrected chi connectivity index (χ1v) is 8.96. The van der Waals surface area contributed by atoms with Crippen LogP contribution in [-0.2, 0) is 11.3 Å². The SMILES string of the molecule is COc1cc(C(=O)N[C@@H]2CO[C@H](Cn3cc(Cl)c(=O)[nH]c3=O)[C@@H](O)[C@H]2O)ccn1. The number of pyridine rings is 1. The van der Waals surface area contributed by atoms with Gasteiger partial charge in [-0.05, 0) is 6.07 Å². The Morgan fingerprint density at radius 1 is 1.45 bits per heavy atom. The van der Waals surface area contributed by atoms with E-state index in [9.17, 15) is 24.6 Å². The van der Waals surface area contributed by atoms with Gasteiger partial charge < -0.3 is 25.0 Å². The van der Waals surface area contributed by atoms with Crippen LogP contribution in [0.2, 0.25) is 5.02 Å². The van der Waals surface area contributed by atoms with Crippen molar-refractivity contribution < 1.29 is 24.5 Å². The number of hydrogen-bond donors (Lipinski definition) is 4. The highest BCUT2D eigenvalue weighted by Crippen LogP contribution is 2.18. The fourth-order valence-electron chi connectivity index (χ4n) is 2.90. The van der Waals surface area contributed by atoms with Gasteiger partial charge in [0.15, 0.2) is 0 Å². The summed E-state index contributed by atoms with van der Waals surface area (Å²) >= 11 is 5.71. The second-order valence-electron chi connectivity index (χ2n) is 6.41. The number of rotatable bonds is 5. The Bertz CT molecular complexity index is 1010. The second kappa shape index (κ2) is 8.74. The zero-order valence-corrected chi connectivity index (χ0v) is 16.0. The van der Waals surface area contributed by atoms with Crippen LogP contribution in [0.25, 0.3) is 0 Å². The van der Waals surface area contributed by atoms with E-state index in [0.717, 1.165) is 10.8 Å². The van der Waals surface area contributed by atoms with Crippen LogP contribution in [0, 0.1) is 0 Å². The van der Waals surface area contributed by atoms with E-state index in [-0.39, 0.29) is 29.6 Å². The molecule has 1 amide bonds. The summed E-state index contributed by atoms with van der Waals surface area (Å²) in [5.41, 5.74) is -1.20. The molecule has 3 heterocycles. The molecular weight excluding hydrogens is 408 g/mol. The number of aliphatic hydroxyl groups is 2. The Morgan fingerprint density at radius 2 is 2.21 bits per heavy atom. The molecule has 0 bridgehead atoms. The van der Waals surface area contributed by atoms with E-state index in [2.05, 4.69) is 10.3 Å². The number of carbonyl (C=O) groups is 1. The van der Waals surface area contributed by atoms with Gasteiger partial charge in [-0.3, -0.25) is 19.1 Å². The lowest BCUT2D eigenvalue weighted by molar-refractivity contribution is -0.152. The van der Waals surface area contributed by atoms with Gasteiger partial charge in [0.25, 0.3) is 11.5 Å². The molecule has 1 aliphatic rings. The first-order chi connectivity index (χ1) is 13.8. The highest BCUT2D eigenvalue weighted by Gasteiger charge is 2.39. The molecule has 0 saturated carbocycles. The number of aromatic amines is 1. The van der Waals surface area contributed by atoms with Crippen molar-refractivity contribution in [3.8, 4) is 5.88 Å². The maximum Gasteiger partial charge on any atom is 0.328 e. The van der Waals surface area contributed by atoms with Gasteiger partial charge in [-0.2, -0.15) is 0 Å². The maximum atomic E-state index is 12.4. The lowest BCUT2D eigenvalue weighted by Crippen LogP contribution is -2.60. The minimum Gasteiger partial charge on any atom is -0.481 e. The first kappa shape index (κ1) is 21.0. The van der Waals surface area contributed by atoms with Gasteiger partial charge in [-0.15, -0.1) is 0 Å². The molecule has 12 heteroatoms. The Balaban J connectivity index is 1.67. The molecule has 0 unspecified atom stereocenters. The predicted octanol–water partition coefficient (Wildman–Crippen LogP) is -1.49. The van der Waals surface area contributed by atoms with Gasteiger partial charge in [-0.1, -0.05) is 11.6 Å². The summed E-state index contributed by atoms with van der Waals surface area (Å²) in [5, 5.41) is 23.2. The van der Waals surface area contributed by atoms with Crippen molar-refractivity contribution in [2.75, 3.05) is 13.7 Å². The molecule has 0 radical (unpaired) electrons. The number of carbonyl (C=O) groups excluding carboxylic acids is 1. The highest BCUT2D eigenvalue weighted by molar-refractivity contribution is 6.30. The largest absolute Gasteiger partial charge is 0.481 e. The normalized spacial score (nSPS) is 24.1. The van der Waals surface area contributed by atoms with Crippen LogP contribution in [-0.4, -0.2) is 68.7 Å². The van der Waals surface area contributed by atoms with Crippen LogP contribution in [0.3, 0.4) is 0 Å². The minimum atomic E-state index is -1.40. The maximum absolute atomic E-state index is 12.4. The zero-order valence-electron chi connectivity index (χ0n) is 15.2. The van der Waals surface area contributed by atoms with E-state index in [1.165, 1.54) is 25.4 Å². The van der Waals surface area contributed by atoms with Crippen molar-refractivity contribution in [2.45, 2.75) is 30.9 Å². The number of H-pyrrole nitrogens is 1. The fourth-order valence-corrected chi connectivity index (χ4v) is 3.06. The van der Waals surface area contributed by atoms with Gasteiger partial charge >= 0.3 is 5.69 Å². The molecule has 0 spiro atoms. The van der Waals surface area contributed by atoms with Gasteiger partial charge in [0, 0.05) is 24.0 Å². The van der Waals surface area contributed by atoms with Crippen LogP contribution in [0.5, 0.6) is 5.88 Å². The predicted molar refractivity (Wildman–Crippen MR) is 100 cm³/mol. The van der Waals surface area contributed by atoms with Gasteiger partial charge in [0.1, 0.15) is 23.3 Å². The van der Waals surface area contributed by atoms with Crippen LogP contribution in [0.15, 0.2) is 34.1 Å². The topological polar surface area (TPSA) is 156 Å². The van der Waals surface area contributed by atoms with E-state index in [1.54, 1.807) is 0 Å². The van der Waals surface area contributed by atoms with Crippen LogP contribution >= 0.6 is 11.6 Å². The van der Waals surface area contributed by atoms with Gasteiger partial charge in [-0.25, -0.2) is 9.78 Å². The molecule has 4 N–H and O–H groups in total. The number of halogens is 1. The number of hydrogen-bond acceptors (Lipinski definition) is 8. The fraction of sp³-hybridized carbons (Fsp3) is 0.412. The number of nitrogens with zero attached hydrogens (tertiary/aromatic N) is 2. The molecule has 29 heavy (non-hydrogen) atoms. The highest BCUT2D eigenvalue weighted by atomic mass is 35.5. The number of nitrogens with one attached hydrogen (secondary N) is 2. The average molecular weight is 427 g/mol. The van der Waals surface area contributed by atoms with Crippen molar-refractivity contribution in [3.63, 3.8) is 0 Å². The molecule has 1 saturated heterocycles. The number of ether oxygens (including phenoxy) is 2. The summed E-state index contributed by atoms with van der Waals surface area (Å²) in [6, 6.07) is 2.01. The van der Waals surface area contributed by atoms with Crippen molar-refractivity contribution >= 4 is 17.5 Å². The van der Waals surface area contributed by atoms with E-state index in [0.29, 0.717) is 0 Å². The summed E-state index contributed by atoms with van der Waals surface area (Å²) in [4.78, 5) is 41.5. The van der Waals surface area contributed by atoms with Crippen LogP contribution < -0.4 is 21.3 Å². The summed E-state index contributed by atoms with van der Waals surface area (Å²) in [7, 11) is 1.42. The standard InChI is InChI=1S/C17H19ClN4O7/c1-28-12-4-8(2-3-19-12)15(25)20-10-7-29-11(14(24)13(10)23)6-22-5-9(18)16(26)21-17(22)27/h2-5,10-11,13-14,23-24H,6-7H2,1H3,(H,20,25)(H,21,26,27)/t10-,11-,13+,14-/m1/s1. The molecule has 3 rings (SSSR count). The van der Waals surface area contributed by atoms with Crippen molar-refractivity contribution in [3.05, 3.63) is 56.0 Å². The third kappa shape index (κ3) is 4.65. The molecule has 1 fully saturated rings. The smallest absolute Gasteiger partial charge is 0.328 e. The molecule has 2 aromatic heterocycles. The van der Waals surface area contributed by atoms with Crippen molar-refractivity contribution in [1.82, 2.24) is 19.9 Å². The molecule has 0 aliphatic carbocycles. The number of aromatic nitrogens is 3. The Hall–Kier alpha value is -2.73. The molecule has 2 aromatic rings. The minimum absolute atomic E-state index is 0.108. The van der Waals surface area contributed by atoms with E-state index >= 15 is 0 Å². The first-order valence-electron chi connectivity index (χ1n) is 8.58. The second-order valence-corrected chi connectivity index (χ2v) is 6.82. The number of amides is 1. The third-order valence-electron chi connectivity index (χ3n) is 4.50. The molecule has 1 aliphatic heterocycles. The van der Waals surface area contributed by atoms with E-state index in [4.69, 9.17) is 21.1 Å². The molecule has 11 nitrogen and oxygen atoms in total. The third-order valence-corrected chi connectivity index (χ3v) is 4.77. The van der Waals surface area contributed by atoms with Gasteiger partial charge in [0.2, 0.25) is 5.88 Å². The monoisotopic (exact) mass is 426 g/mol. The summed E-state index contributed by atoms with van der Waals surface area (Å²) in [6.07, 6.45) is -1.19. The Morgan fingerprint density at radius 3 is 2.93 bits per heavy atom. The van der Waals surface area contributed by atoms with Gasteiger partial charge in [0.05, 0.1) is 26.3 Å². The lowest BCUT2D eigenvalue weighted by atomic mass is 9.97. The molecular formula is C17H19ClN4O7. The average Bonchev–Trinajstić information content (AvgIpc) is 2.71.